The highest BCUT2D eigenvalue weighted by atomic mass is 16.3. The number of aromatic nitrogens is 2. The molecule has 1 aromatic rings. The molecule has 0 saturated carbocycles. The molecule has 0 aliphatic carbocycles. The van der Waals surface area contributed by atoms with E-state index in [4.69, 9.17) is 0 Å². The lowest BCUT2D eigenvalue weighted by Crippen LogP contribution is -2.37. The van der Waals surface area contributed by atoms with E-state index < -0.39 is 5.60 Å². The minimum atomic E-state index is -1.13. The van der Waals surface area contributed by atoms with Crippen LogP contribution in [0.15, 0.2) is 24.5 Å². The van der Waals surface area contributed by atoms with Crippen LogP contribution in [0.3, 0.4) is 0 Å². The van der Waals surface area contributed by atoms with Crippen molar-refractivity contribution < 1.29 is 9.90 Å². The summed E-state index contributed by atoms with van der Waals surface area (Å²) < 4.78 is 1.62. The fraction of sp³-hybridized carbons (Fsp3) is 0.571. The van der Waals surface area contributed by atoms with Crippen LogP contribution in [0.25, 0.3) is 0 Å². The Morgan fingerprint density at radius 1 is 1.47 bits per heavy atom. The second kappa shape index (κ2) is 5.57. The average molecular weight is 265 g/mol. The summed E-state index contributed by atoms with van der Waals surface area (Å²) in [4.78, 5) is 11.6. The average Bonchev–Trinajstić information content (AvgIpc) is 2.70. The van der Waals surface area contributed by atoms with Crippen LogP contribution in [0, 0.1) is 5.41 Å². The van der Waals surface area contributed by atoms with Gasteiger partial charge >= 0.3 is 0 Å². The number of hydrogen-bond donors (Lipinski definition) is 2. The molecule has 2 N–H and O–H groups in total. The van der Waals surface area contributed by atoms with E-state index in [9.17, 15) is 9.90 Å². The van der Waals surface area contributed by atoms with Gasteiger partial charge in [-0.15, -0.1) is 0 Å². The van der Waals surface area contributed by atoms with E-state index in [-0.39, 0.29) is 17.9 Å². The molecule has 0 fully saturated rings. The molecule has 0 saturated heterocycles. The molecular formula is C14H23N3O2. The maximum atomic E-state index is 11.6. The maximum Gasteiger partial charge on any atom is 0.243 e. The summed E-state index contributed by atoms with van der Waals surface area (Å²) in [5, 5.41) is 17.0. The summed E-state index contributed by atoms with van der Waals surface area (Å²) in [5.41, 5.74) is -0.488. The third-order valence-corrected chi connectivity index (χ3v) is 2.67. The number of amides is 1. The Morgan fingerprint density at radius 2 is 2.11 bits per heavy atom. The Bertz CT molecular complexity index is 467. The monoisotopic (exact) mass is 265 g/mol. The molecule has 1 rings (SSSR count). The van der Waals surface area contributed by atoms with Crippen LogP contribution in [0.1, 0.15) is 33.3 Å². The SMILES string of the molecule is Cn1cc(C(C)(O)CNC(=O)C=CC(C)(C)C)cn1. The molecule has 5 nitrogen and oxygen atoms in total. The number of aliphatic hydroxyl groups is 1. The third kappa shape index (κ3) is 5.26. The molecule has 0 aliphatic rings. The fourth-order valence-electron chi connectivity index (χ4n) is 1.45. The first kappa shape index (κ1) is 15.4. The van der Waals surface area contributed by atoms with Crippen LogP contribution in [0.2, 0.25) is 0 Å². The Balaban J connectivity index is 2.56. The Labute approximate surface area is 114 Å². The molecule has 1 aromatic heterocycles. The van der Waals surface area contributed by atoms with Gasteiger partial charge in [0.05, 0.1) is 12.7 Å². The first-order valence-corrected chi connectivity index (χ1v) is 6.29. The van der Waals surface area contributed by atoms with Crippen LogP contribution >= 0.6 is 0 Å². The van der Waals surface area contributed by atoms with Crippen molar-refractivity contribution in [3.05, 3.63) is 30.1 Å². The second-order valence-corrected chi connectivity index (χ2v) is 6.09. The number of hydrogen-bond acceptors (Lipinski definition) is 3. The maximum absolute atomic E-state index is 11.6. The number of carbonyl (C=O) groups excluding carboxylic acids is 1. The zero-order valence-corrected chi connectivity index (χ0v) is 12.3. The van der Waals surface area contributed by atoms with Gasteiger partial charge < -0.3 is 10.4 Å². The largest absolute Gasteiger partial charge is 0.383 e. The molecule has 1 unspecified atom stereocenters. The smallest absolute Gasteiger partial charge is 0.243 e. The topological polar surface area (TPSA) is 67.2 Å². The summed E-state index contributed by atoms with van der Waals surface area (Å²) in [6.07, 6.45) is 6.66. The lowest BCUT2D eigenvalue weighted by Gasteiger charge is -2.22. The minimum Gasteiger partial charge on any atom is -0.383 e. The van der Waals surface area contributed by atoms with Crippen molar-refractivity contribution in [3.63, 3.8) is 0 Å². The molecule has 106 valence electrons. The summed E-state index contributed by atoms with van der Waals surface area (Å²) in [6, 6.07) is 0. The molecule has 5 heteroatoms. The Kier molecular flexibility index (Phi) is 4.52. The van der Waals surface area contributed by atoms with Crippen molar-refractivity contribution >= 4 is 5.91 Å². The Hall–Kier alpha value is -1.62. The summed E-state index contributed by atoms with van der Waals surface area (Å²) in [6.45, 7) is 7.84. The van der Waals surface area contributed by atoms with Gasteiger partial charge in [0, 0.05) is 18.8 Å². The summed E-state index contributed by atoms with van der Waals surface area (Å²) in [7, 11) is 1.78. The highest BCUT2D eigenvalue weighted by Crippen LogP contribution is 2.18. The van der Waals surface area contributed by atoms with E-state index in [2.05, 4.69) is 10.4 Å². The van der Waals surface area contributed by atoms with E-state index in [1.165, 1.54) is 6.08 Å². The van der Waals surface area contributed by atoms with E-state index in [0.29, 0.717) is 5.56 Å². The van der Waals surface area contributed by atoms with Crippen molar-refractivity contribution in [2.75, 3.05) is 6.54 Å². The van der Waals surface area contributed by atoms with Crippen LogP contribution < -0.4 is 5.32 Å². The first-order chi connectivity index (χ1) is 8.60. The van der Waals surface area contributed by atoms with Gasteiger partial charge in [-0.2, -0.15) is 5.10 Å². The molecule has 1 amide bonds. The standard InChI is InChI=1S/C14H23N3O2/c1-13(2,3)7-6-12(18)15-10-14(4,19)11-8-16-17(5)9-11/h6-9,19H,10H2,1-5H3,(H,15,18). The van der Waals surface area contributed by atoms with Crippen molar-refractivity contribution in [2.24, 2.45) is 12.5 Å². The van der Waals surface area contributed by atoms with Gasteiger partial charge in [-0.3, -0.25) is 9.48 Å². The first-order valence-electron chi connectivity index (χ1n) is 6.29. The van der Waals surface area contributed by atoms with Gasteiger partial charge in [-0.05, 0) is 18.4 Å². The van der Waals surface area contributed by atoms with Crippen LogP contribution in [0.4, 0.5) is 0 Å². The Morgan fingerprint density at radius 3 is 2.58 bits per heavy atom. The van der Waals surface area contributed by atoms with Crippen molar-refractivity contribution in [1.82, 2.24) is 15.1 Å². The lowest BCUT2D eigenvalue weighted by molar-refractivity contribution is -0.117. The van der Waals surface area contributed by atoms with Crippen molar-refractivity contribution in [2.45, 2.75) is 33.3 Å². The van der Waals surface area contributed by atoms with Crippen molar-refractivity contribution in [3.8, 4) is 0 Å². The number of nitrogens with zero attached hydrogens (tertiary/aromatic N) is 2. The number of nitrogens with one attached hydrogen (secondary N) is 1. The predicted octanol–water partition coefficient (Wildman–Crippen LogP) is 1.35. The molecule has 0 aliphatic heterocycles. The lowest BCUT2D eigenvalue weighted by atomic mass is 9.96. The van der Waals surface area contributed by atoms with Crippen LogP contribution in [-0.2, 0) is 17.4 Å². The number of aryl methyl sites for hydroxylation is 1. The van der Waals surface area contributed by atoms with Gasteiger partial charge in [0.1, 0.15) is 5.60 Å². The highest BCUT2D eigenvalue weighted by Gasteiger charge is 2.25. The molecular weight excluding hydrogens is 242 g/mol. The van der Waals surface area contributed by atoms with Crippen LogP contribution in [-0.4, -0.2) is 27.3 Å². The molecule has 0 spiro atoms. The number of carbonyl (C=O) groups is 1. The summed E-state index contributed by atoms with van der Waals surface area (Å²) in [5.74, 6) is -0.209. The molecule has 0 radical (unpaired) electrons. The van der Waals surface area contributed by atoms with Crippen molar-refractivity contribution in [1.29, 1.82) is 0 Å². The zero-order chi connectivity index (χ0) is 14.7. The van der Waals surface area contributed by atoms with E-state index >= 15 is 0 Å². The predicted molar refractivity (Wildman–Crippen MR) is 74.4 cm³/mol. The normalized spacial score (nSPS) is 15.5. The zero-order valence-electron chi connectivity index (χ0n) is 12.3. The van der Waals surface area contributed by atoms with Gasteiger partial charge in [0.2, 0.25) is 5.91 Å². The molecule has 0 bridgehead atoms. The molecule has 0 aromatic carbocycles. The quantitative estimate of drug-likeness (QED) is 0.807. The van der Waals surface area contributed by atoms with Gasteiger partial charge in [-0.1, -0.05) is 26.8 Å². The van der Waals surface area contributed by atoms with Gasteiger partial charge in [0.25, 0.3) is 0 Å². The molecule has 1 heterocycles. The van der Waals surface area contributed by atoms with Gasteiger partial charge in [0.15, 0.2) is 0 Å². The van der Waals surface area contributed by atoms with Crippen LogP contribution in [0.5, 0.6) is 0 Å². The summed E-state index contributed by atoms with van der Waals surface area (Å²) >= 11 is 0. The number of allylic oxidation sites excluding steroid dienone is 1. The highest BCUT2D eigenvalue weighted by molar-refractivity contribution is 5.87. The van der Waals surface area contributed by atoms with E-state index in [0.717, 1.165) is 0 Å². The minimum absolute atomic E-state index is 0.0385. The third-order valence-electron chi connectivity index (χ3n) is 2.67. The van der Waals surface area contributed by atoms with E-state index in [1.807, 2.05) is 26.8 Å². The molecule has 1 atom stereocenters. The number of rotatable bonds is 4. The molecule has 19 heavy (non-hydrogen) atoms. The van der Waals surface area contributed by atoms with Gasteiger partial charge in [-0.25, -0.2) is 0 Å². The van der Waals surface area contributed by atoms with E-state index in [1.54, 1.807) is 31.0 Å². The fourth-order valence-corrected chi connectivity index (χ4v) is 1.45. The second-order valence-electron chi connectivity index (χ2n) is 6.09.